The molecule has 8 nitrogen and oxygen atoms in total. The van der Waals surface area contributed by atoms with Crippen LogP contribution in [0.4, 0.5) is 17.6 Å². The molecule has 0 bridgehead atoms. The molecule has 0 aliphatic heterocycles. The molecule has 0 atom stereocenters. The van der Waals surface area contributed by atoms with Crippen LogP contribution in [0.3, 0.4) is 0 Å². The Labute approximate surface area is 197 Å². The summed E-state index contributed by atoms with van der Waals surface area (Å²) in [6.07, 6.45) is -1.39. The van der Waals surface area contributed by atoms with Crippen LogP contribution in [0.1, 0.15) is 11.3 Å². The summed E-state index contributed by atoms with van der Waals surface area (Å²) in [6, 6.07) is 8.36. The number of aromatic nitrogens is 7. The highest BCUT2D eigenvalue weighted by Crippen LogP contribution is 2.38. The van der Waals surface area contributed by atoms with E-state index >= 15 is 0 Å². The van der Waals surface area contributed by atoms with E-state index in [2.05, 4.69) is 25.1 Å². The second-order valence-electron chi connectivity index (χ2n) is 7.70. The van der Waals surface area contributed by atoms with Gasteiger partial charge in [0.25, 0.3) is 0 Å². The predicted molar refractivity (Wildman–Crippen MR) is 119 cm³/mol. The second-order valence-corrected chi connectivity index (χ2v) is 8.70. The monoisotopic (exact) mass is 499 g/mol. The van der Waals surface area contributed by atoms with E-state index in [1.54, 1.807) is 19.2 Å². The SMILES string of the molecule is Cc1cc(C(F)(F)F)nc2sc3c(ncn4nc(-c5ccn(COc6ccc(F)cc6)n5)nc34)c12. The number of hydrogen-bond donors (Lipinski definition) is 0. The van der Waals surface area contributed by atoms with Gasteiger partial charge in [-0.05, 0) is 48.9 Å². The molecule has 0 N–H and O–H groups in total. The lowest BCUT2D eigenvalue weighted by Gasteiger charge is -2.06. The quantitative estimate of drug-likeness (QED) is 0.308. The molecule has 6 rings (SSSR count). The standard InChI is InChI=1S/C22H13F4N7OS/c1-11-8-15(22(24,25)26)28-21-16(11)17-18(35-21)20-29-19(31-33(20)9-27-17)14-6-7-32(30-14)10-34-13-4-2-12(23)3-5-13/h2-9H,10H2,1H3. The summed E-state index contributed by atoms with van der Waals surface area (Å²) < 4.78 is 61.9. The van der Waals surface area contributed by atoms with Crippen LogP contribution in [-0.4, -0.2) is 34.3 Å². The molecule has 35 heavy (non-hydrogen) atoms. The van der Waals surface area contributed by atoms with Crippen LogP contribution in [0.2, 0.25) is 0 Å². The first-order valence-corrected chi connectivity index (χ1v) is 11.0. The third-order valence-corrected chi connectivity index (χ3v) is 6.37. The van der Waals surface area contributed by atoms with Gasteiger partial charge in [0.1, 0.15) is 38.8 Å². The number of benzene rings is 1. The topological polar surface area (TPSA) is 83.0 Å². The number of nitrogens with zero attached hydrogens (tertiary/aromatic N) is 7. The van der Waals surface area contributed by atoms with E-state index in [4.69, 9.17) is 4.74 Å². The first kappa shape index (κ1) is 21.4. The van der Waals surface area contributed by atoms with Crippen molar-refractivity contribution in [2.75, 3.05) is 0 Å². The molecule has 176 valence electrons. The maximum absolute atomic E-state index is 13.2. The number of fused-ring (bicyclic) bond motifs is 5. The molecule has 0 amide bonds. The third-order valence-electron chi connectivity index (χ3n) is 5.30. The van der Waals surface area contributed by atoms with Crippen LogP contribution in [0.15, 0.2) is 48.9 Å². The van der Waals surface area contributed by atoms with Gasteiger partial charge >= 0.3 is 6.18 Å². The maximum atomic E-state index is 13.2. The highest BCUT2D eigenvalue weighted by Gasteiger charge is 2.33. The minimum Gasteiger partial charge on any atom is -0.471 e. The minimum atomic E-state index is -4.54. The van der Waals surface area contributed by atoms with Crippen LogP contribution in [0, 0.1) is 12.7 Å². The number of alkyl halides is 3. The first-order chi connectivity index (χ1) is 16.8. The van der Waals surface area contributed by atoms with Crippen molar-refractivity contribution in [1.82, 2.24) is 34.3 Å². The highest BCUT2D eigenvalue weighted by molar-refractivity contribution is 7.26. The van der Waals surface area contributed by atoms with E-state index in [0.717, 1.165) is 17.4 Å². The van der Waals surface area contributed by atoms with Gasteiger partial charge in [-0.1, -0.05) is 0 Å². The molecule has 0 fully saturated rings. The van der Waals surface area contributed by atoms with E-state index in [0.29, 0.717) is 44.1 Å². The first-order valence-electron chi connectivity index (χ1n) is 10.2. The lowest BCUT2D eigenvalue weighted by molar-refractivity contribution is -0.141. The van der Waals surface area contributed by atoms with Gasteiger partial charge < -0.3 is 4.74 Å². The number of hydrogen-bond acceptors (Lipinski definition) is 7. The smallest absolute Gasteiger partial charge is 0.433 e. The third kappa shape index (κ3) is 3.73. The summed E-state index contributed by atoms with van der Waals surface area (Å²) in [7, 11) is 0. The highest BCUT2D eigenvalue weighted by atomic mass is 32.1. The van der Waals surface area contributed by atoms with Gasteiger partial charge in [-0.2, -0.15) is 18.3 Å². The zero-order chi connectivity index (χ0) is 24.3. The lowest BCUT2D eigenvalue weighted by atomic mass is 10.1. The average Bonchev–Trinajstić information content (AvgIpc) is 3.53. The minimum absolute atomic E-state index is 0.0909. The van der Waals surface area contributed by atoms with Crippen LogP contribution < -0.4 is 4.74 Å². The molecule has 5 heterocycles. The van der Waals surface area contributed by atoms with Crippen molar-refractivity contribution < 1.29 is 22.3 Å². The molecule has 0 aliphatic carbocycles. The normalized spacial score (nSPS) is 12.3. The van der Waals surface area contributed by atoms with Crippen molar-refractivity contribution in [3.63, 3.8) is 0 Å². The zero-order valence-electron chi connectivity index (χ0n) is 17.8. The Balaban J connectivity index is 1.36. The molecule has 5 aromatic heterocycles. The van der Waals surface area contributed by atoms with Gasteiger partial charge in [-0.3, -0.25) is 0 Å². The average molecular weight is 499 g/mol. The van der Waals surface area contributed by atoms with Gasteiger partial charge in [0, 0.05) is 11.6 Å². The fraction of sp³-hybridized carbons (Fsp3) is 0.136. The number of aryl methyl sites for hydroxylation is 1. The molecular weight excluding hydrogens is 486 g/mol. The van der Waals surface area contributed by atoms with Gasteiger partial charge in [0.15, 0.2) is 12.4 Å². The van der Waals surface area contributed by atoms with E-state index in [9.17, 15) is 17.6 Å². The van der Waals surface area contributed by atoms with Crippen molar-refractivity contribution in [2.24, 2.45) is 0 Å². The Kier molecular flexibility index (Phi) is 4.71. The summed E-state index contributed by atoms with van der Waals surface area (Å²) >= 11 is 1.09. The molecule has 0 spiro atoms. The van der Waals surface area contributed by atoms with Crippen molar-refractivity contribution in [3.8, 4) is 17.3 Å². The van der Waals surface area contributed by atoms with Crippen molar-refractivity contribution in [3.05, 3.63) is 66.0 Å². The Morgan fingerprint density at radius 3 is 2.63 bits per heavy atom. The Morgan fingerprint density at radius 2 is 1.86 bits per heavy atom. The lowest BCUT2D eigenvalue weighted by Crippen LogP contribution is -2.07. The van der Waals surface area contributed by atoms with Crippen LogP contribution in [-0.2, 0) is 12.9 Å². The summed E-state index contributed by atoms with van der Waals surface area (Å²) in [5.74, 6) is 0.452. The summed E-state index contributed by atoms with van der Waals surface area (Å²) in [5.41, 5.74) is 0.927. The Morgan fingerprint density at radius 1 is 1.06 bits per heavy atom. The van der Waals surface area contributed by atoms with E-state index in [-0.39, 0.29) is 17.4 Å². The maximum Gasteiger partial charge on any atom is 0.433 e. The molecule has 0 radical (unpaired) electrons. The van der Waals surface area contributed by atoms with E-state index in [1.165, 1.54) is 39.8 Å². The number of thiophene rings is 1. The molecule has 0 unspecified atom stereocenters. The molecule has 0 aliphatic rings. The molecule has 6 aromatic rings. The van der Waals surface area contributed by atoms with Crippen molar-refractivity contribution in [1.29, 1.82) is 0 Å². The molecule has 0 saturated heterocycles. The Bertz CT molecular complexity index is 1720. The summed E-state index contributed by atoms with van der Waals surface area (Å²) in [6.45, 7) is 1.70. The van der Waals surface area contributed by atoms with E-state index in [1.807, 2.05) is 0 Å². The Hall–Kier alpha value is -4.13. The van der Waals surface area contributed by atoms with Crippen LogP contribution in [0.25, 0.3) is 37.6 Å². The van der Waals surface area contributed by atoms with Crippen LogP contribution in [0.5, 0.6) is 5.75 Å². The molecular formula is C22H13F4N7OS. The van der Waals surface area contributed by atoms with Gasteiger partial charge in [0.2, 0.25) is 5.82 Å². The predicted octanol–water partition coefficient (Wildman–Crippen LogP) is 5.25. The second kappa shape index (κ2) is 7.70. The molecule has 13 heteroatoms. The van der Waals surface area contributed by atoms with Crippen molar-refractivity contribution >= 4 is 37.4 Å². The number of rotatable bonds is 4. The van der Waals surface area contributed by atoms with Crippen molar-refractivity contribution in [2.45, 2.75) is 19.8 Å². The van der Waals surface area contributed by atoms with Crippen LogP contribution >= 0.6 is 11.3 Å². The fourth-order valence-electron chi connectivity index (χ4n) is 3.69. The summed E-state index contributed by atoms with van der Waals surface area (Å²) in [5, 5.41) is 9.39. The van der Waals surface area contributed by atoms with Gasteiger partial charge in [0.05, 0.1) is 5.52 Å². The number of halogens is 4. The van der Waals surface area contributed by atoms with Gasteiger partial charge in [-0.15, -0.1) is 16.4 Å². The molecule has 0 saturated carbocycles. The molecule has 1 aromatic carbocycles. The number of pyridine rings is 1. The van der Waals surface area contributed by atoms with E-state index < -0.39 is 11.9 Å². The number of ether oxygens (including phenoxy) is 1. The fourth-order valence-corrected chi connectivity index (χ4v) is 4.87. The zero-order valence-corrected chi connectivity index (χ0v) is 18.6. The largest absolute Gasteiger partial charge is 0.471 e. The summed E-state index contributed by atoms with van der Waals surface area (Å²) in [4.78, 5) is 13.0. The van der Waals surface area contributed by atoms with Gasteiger partial charge in [-0.25, -0.2) is 28.5 Å².